The van der Waals surface area contributed by atoms with Crippen LogP contribution in [0.4, 0.5) is 10.1 Å². The molecule has 2 aromatic carbocycles. The zero-order valence-electron chi connectivity index (χ0n) is 16.1. The molecule has 1 N–H and O–H groups in total. The topological polar surface area (TPSA) is 69.7 Å². The molecular weight excluding hydrogens is 393 g/mol. The van der Waals surface area contributed by atoms with Gasteiger partial charge in [-0.3, -0.25) is 14.4 Å². The summed E-state index contributed by atoms with van der Waals surface area (Å²) in [6.45, 7) is 1.29. The number of hydrogen-bond donors (Lipinski definition) is 1. The zero-order valence-corrected chi connectivity index (χ0v) is 16.9. The number of nitrogens with one attached hydrogen (secondary N) is 1. The van der Waals surface area contributed by atoms with E-state index in [4.69, 9.17) is 0 Å². The zero-order chi connectivity index (χ0) is 20.8. The van der Waals surface area contributed by atoms with Crippen molar-refractivity contribution in [3.05, 3.63) is 65.0 Å². The minimum Gasteiger partial charge on any atom is -0.355 e. The van der Waals surface area contributed by atoms with Crippen molar-refractivity contribution in [3.63, 3.8) is 0 Å². The summed E-state index contributed by atoms with van der Waals surface area (Å²) in [5.74, 6) is 0.434. The molecule has 0 aliphatic carbocycles. The lowest BCUT2D eigenvalue weighted by atomic mass is 10.1. The second-order valence-electron chi connectivity index (χ2n) is 6.55. The molecule has 1 aliphatic heterocycles. The van der Waals surface area contributed by atoms with Crippen LogP contribution < -0.4 is 10.2 Å². The fraction of sp³-hybridized carbons (Fsp3) is 0.286. The van der Waals surface area contributed by atoms with Crippen molar-refractivity contribution in [3.8, 4) is 0 Å². The van der Waals surface area contributed by atoms with E-state index in [0.29, 0.717) is 36.3 Å². The Bertz CT molecular complexity index is 916. The predicted octanol–water partition coefficient (Wildman–Crippen LogP) is 2.54. The normalized spacial score (nSPS) is 13.7. The number of thioether (sulfide) groups is 1. The number of hydrogen-bond acceptors (Lipinski definition) is 4. The van der Waals surface area contributed by atoms with E-state index in [1.807, 2.05) is 0 Å². The molecule has 1 saturated heterocycles. The van der Waals surface area contributed by atoms with Gasteiger partial charge in [0, 0.05) is 31.6 Å². The molecule has 0 spiro atoms. The van der Waals surface area contributed by atoms with Gasteiger partial charge in [-0.05, 0) is 29.8 Å². The molecule has 0 saturated carbocycles. The third-order valence-electron chi connectivity index (χ3n) is 4.72. The van der Waals surface area contributed by atoms with Gasteiger partial charge < -0.3 is 15.1 Å². The Morgan fingerprint density at radius 2 is 1.90 bits per heavy atom. The standard InChI is InChI=1S/C21H22FN3O3S/c1-23-20(27)16-4-2-3-5-19(16)25(14-26)13-15-6-7-18(22)17(12-15)21(28)24-8-10-29-11-9-24/h2-7,12,14H,8-11,13H2,1H3,(H,23,27). The summed E-state index contributed by atoms with van der Waals surface area (Å²) in [6.07, 6.45) is 0.620. The molecule has 6 nitrogen and oxygen atoms in total. The highest BCUT2D eigenvalue weighted by molar-refractivity contribution is 7.99. The van der Waals surface area contributed by atoms with E-state index in [2.05, 4.69) is 5.32 Å². The SMILES string of the molecule is CNC(=O)c1ccccc1N(C=O)Cc1ccc(F)c(C(=O)N2CCSCC2)c1. The van der Waals surface area contributed by atoms with Crippen molar-refractivity contribution in [1.82, 2.24) is 10.2 Å². The molecule has 1 aliphatic rings. The van der Waals surface area contributed by atoms with Crippen molar-refractivity contribution in [2.45, 2.75) is 6.54 Å². The van der Waals surface area contributed by atoms with Crippen LogP contribution >= 0.6 is 11.8 Å². The van der Waals surface area contributed by atoms with Crippen molar-refractivity contribution in [2.75, 3.05) is 36.5 Å². The van der Waals surface area contributed by atoms with Crippen molar-refractivity contribution < 1.29 is 18.8 Å². The minimum absolute atomic E-state index is 0.000152. The Hall–Kier alpha value is -2.87. The largest absolute Gasteiger partial charge is 0.355 e. The van der Waals surface area contributed by atoms with Gasteiger partial charge in [0.25, 0.3) is 11.8 Å². The van der Waals surface area contributed by atoms with Gasteiger partial charge in [0.05, 0.1) is 23.4 Å². The molecule has 3 rings (SSSR count). The van der Waals surface area contributed by atoms with Gasteiger partial charge in [-0.15, -0.1) is 0 Å². The van der Waals surface area contributed by atoms with Crippen LogP contribution in [0.3, 0.4) is 0 Å². The van der Waals surface area contributed by atoms with Crippen LogP contribution in [0.5, 0.6) is 0 Å². The van der Waals surface area contributed by atoms with E-state index in [-0.39, 0.29) is 23.9 Å². The number of rotatable bonds is 6. The van der Waals surface area contributed by atoms with Gasteiger partial charge in [-0.2, -0.15) is 11.8 Å². The number of amides is 3. The maximum Gasteiger partial charge on any atom is 0.256 e. The fourth-order valence-corrected chi connectivity index (χ4v) is 4.10. The highest BCUT2D eigenvalue weighted by Crippen LogP contribution is 2.23. The van der Waals surface area contributed by atoms with Crippen LogP contribution in [0, 0.1) is 5.82 Å². The number of carbonyl (C=O) groups excluding carboxylic acids is 3. The third kappa shape index (κ3) is 4.76. The second kappa shape index (κ2) is 9.56. The first-order valence-electron chi connectivity index (χ1n) is 9.23. The Balaban J connectivity index is 1.87. The number of carbonyl (C=O) groups is 3. The van der Waals surface area contributed by atoms with Gasteiger partial charge >= 0.3 is 0 Å². The Morgan fingerprint density at radius 3 is 2.59 bits per heavy atom. The Morgan fingerprint density at radius 1 is 1.17 bits per heavy atom. The van der Waals surface area contributed by atoms with E-state index in [1.54, 1.807) is 40.9 Å². The molecule has 152 valence electrons. The van der Waals surface area contributed by atoms with Crippen molar-refractivity contribution in [1.29, 1.82) is 0 Å². The molecule has 8 heteroatoms. The molecule has 0 radical (unpaired) electrons. The molecule has 0 unspecified atom stereocenters. The van der Waals surface area contributed by atoms with Crippen molar-refractivity contribution >= 4 is 35.7 Å². The lowest BCUT2D eigenvalue weighted by Crippen LogP contribution is -2.38. The summed E-state index contributed by atoms with van der Waals surface area (Å²) < 4.78 is 14.3. The maximum absolute atomic E-state index is 14.3. The molecule has 2 aromatic rings. The second-order valence-corrected chi connectivity index (χ2v) is 7.77. The van der Waals surface area contributed by atoms with E-state index in [0.717, 1.165) is 11.5 Å². The van der Waals surface area contributed by atoms with Crippen LogP contribution in [0.15, 0.2) is 42.5 Å². The summed E-state index contributed by atoms with van der Waals surface area (Å²) >= 11 is 1.77. The molecule has 3 amide bonds. The first-order valence-corrected chi connectivity index (χ1v) is 10.4. The van der Waals surface area contributed by atoms with Gasteiger partial charge in [0.2, 0.25) is 6.41 Å². The van der Waals surface area contributed by atoms with Gasteiger partial charge in [-0.25, -0.2) is 4.39 Å². The summed E-state index contributed by atoms with van der Waals surface area (Å²) in [6, 6.07) is 11.0. The lowest BCUT2D eigenvalue weighted by molar-refractivity contribution is -0.107. The molecule has 1 fully saturated rings. The number of anilines is 1. The summed E-state index contributed by atoms with van der Waals surface area (Å²) in [5, 5.41) is 2.55. The average molecular weight is 415 g/mol. The molecule has 0 bridgehead atoms. The molecular formula is C21H22FN3O3S. The van der Waals surface area contributed by atoms with Crippen LogP contribution in [0.1, 0.15) is 26.3 Å². The van der Waals surface area contributed by atoms with E-state index >= 15 is 0 Å². The quantitative estimate of drug-likeness (QED) is 0.737. The van der Waals surface area contributed by atoms with E-state index in [9.17, 15) is 18.8 Å². The Kier molecular flexibility index (Phi) is 6.87. The monoisotopic (exact) mass is 415 g/mol. The first kappa shape index (κ1) is 20.9. The number of para-hydroxylation sites is 1. The lowest BCUT2D eigenvalue weighted by Gasteiger charge is -2.27. The van der Waals surface area contributed by atoms with Crippen LogP contribution in [0.2, 0.25) is 0 Å². The van der Waals surface area contributed by atoms with Gasteiger partial charge in [0.1, 0.15) is 5.82 Å². The van der Waals surface area contributed by atoms with Gasteiger partial charge in [-0.1, -0.05) is 18.2 Å². The molecule has 0 atom stereocenters. The van der Waals surface area contributed by atoms with Gasteiger partial charge in [0.15, 0.2) is 0 Å². The highest BCUT2D eigenvalue weighted by Gasteiger charge is 2.22. The Labute approximate surface area is 173 Å². The van der Waals surface area contributed by atoms with Crippen LogP contribution in [-0.2, 0) is 11.3 Å². The minimum atomic E-state index is -0.583. The van der Waals surface area contributed by atoms with E-state index in [1.165, 1.54) is 30.1 Å². The fourth-order valence-electron chi connectivity index (χ4n) is 3.20. The number of nitrogens with zero attached hydrogens (tertiary/aromatic N) is 2. The number of halogens is 1. The van der Waals surface area contributed by atoms with Crippen LogP contribution in [-0.4, -0.2) is 54.8 Å². The van der Waals surface area contributed by atoms with Crippen LogP contribution in [0.25, 0.3) is 0 Å². The smallest absolute Gasteiger partial charge is 0.256 e. The molecule has 29 heavy (non-hydrogen) atoms. The summed E-state index contributed by atoms with van der Waals surface area (Å²) in [5.41, 5.74) is 1.39. The van der Waals surface area contributed by atoms with Crippen molar-refractivity contribution in [2.24, 2.45) is 0 Å². The first-order chi connectivity index (χ1) is 14.0. The molecule has 0 aromatic heterocycles. The molecule has 1 heterocycles. The third-order valence-corrected chi connectivity index (χ3v) is 5.67. The summed E-state index contributed by atoms with van der Waals surface area (Å²) in [4.78, 5) is 39.6. The highest BCUT2D eigenvalue weighted by atomic mass is 32.2. The predicted molar refractivity (Wildman–Crippen MR) is 112 cm³/mol. The summed E-state index contributed by atoms with van der Waals surface area (Å²) in [7, 11) is 1.52. The average Bonchev–Trinajstić information content (AvgIpc) is 2.78. The maximum atomic E-state index is 14.3. The number of benzene rings is 2. The van der Waals surface area contributed by atoms with E-state index < -0.39 is 5.82 Å².